The van der Waals surface area contributed by atoms with Crippen LogP contribution in [0.5, 0.6) is 5.75 Å². The molecule has 0 aliphatic carbocycles. The highest BCUT2D eigenvalue weighted by molar-refractivity contribution is 6.02. The van der Waals surface area contributed by atoms with Crippen LogP contribution in [0.15, 0.2) is 46.5 Å². The standard InChI is InChI=1S/C23H24F2N4O3/c1-14-16(23(31)29-10-3-6-19(30)22(29)26-14)9-13-28-11-7-15(8-12-28)21(27-32)20-17(24)4-2-5-18(20)25/h2-6,10,15,30,32H,7-9,11-13H2,1H3/b27-21+. The second-order valence-electron chi connectivity index (χ2n) is 8.02. The third-order valence-corrected chi connectivity index (χ3v) is 6.11. The minimum Gasteiger partial charge on any atom is -0.504 e. The third-order valence-electron chi connectivity index (χ3n) is 6.11. The summed E-state index contributed by atoms with van der Waals surface area (Å²) in [5, 5.41) is 22.6. The molecule has 2 N–H and O–H groups in total. The summed E-state index contributed by atoms with van der Waals surface area (Å²) in [6.45, 7) is 3.65. The van der Waals surface area contributed by atoms with E-state index in [1.807, 2.05) is 0 Å². The van der Waals surface area contributed by atoms with Gasteiger partial charge in [0.15, 0.2) is 11.4 Å². The molecule has 0 atom stereocenters. The first kappa shape index (κ1) is 21.9. The number of hydrogen-bond acceptors (Lipinski definition) is 6. The first-order valence-electron chi connectivity index (χ1n) is 10.5. The topological polar surface area (TPSA) is 90.4 Å². The lowest BCUT2D eigenvalue weighted by atomic mass is 9.87. The summed E-state index contributed by atoms with van der Waals surface area (Å²) in [6.07, 6.45) is 3.23. The van der Waals surface area contributed by atoms with Crippen LogP contribution in [-0.2, 0) is 6.42 Å². The summed E-state index contributed by atoms with van der Waals surface area (Å²) < 4.78 is 29.6. The predicted octanol–water partition coefficient (Wildman–Crippen LogP) is 3.12. The van der Waals surface area contributed by atoms with Crippen LogP contribution in [-0.4, -0.2) is 49.9 Å². The number of pyridine rings is 1. The number of aromatic hydroxyl groups is 1. The Labute approximate surface area is 183 Å². The maximum atomic E-state index is 14.1. The zero-order valence-electron chi connectivity index (χ0n) is 17.6. The highest BCUT2D eigenvalue weighted by Gasteiger charge is 2.28. The molecule has 1 saturated heterocycles. The fraction of sp³-hybridized carbons (Fsp3) is 0.348. The molecule has 3 aromatic rings. The zero-order valence-corrected chi connectivity index (χ0v) is 17.6. The Kier molecular flexibility index (Phi) is 6.18. The van der Waals surface area contributed by atoms with Gasteiger partial charge in [-0.2, -0.15) is 0 Å². The molecule has 0 saturated carbocycles. The van der Waals surface area contributed by atoms with E-state index in [1.165, 1.54) is 16.5 Å². The Morgan fingerprint density at radius 1 is 1.19 bits per heavy atom. The van der Waals surface area contributed by atoms with Crippen LogP contribution < -0.4 is 5.56 Å². The number of oxime groups is 1. The number of aryl methyl sites for hydroxylation is 1. The van der Waals surface area contributed by atoms with Crippen LogP contribution in [0.4, 0.5) is 8.78 Å². The van der Waals surface area contributed by atoms with Gasteiger partial charge in [0.2, 0.25) is 0 Å². The van der Waals surface area contributed by atoms with E-state index in [0.717, 1.165) is 12.1 Å². The molecule has 1 aliphatic heterocycles. The number of benzene rings is 1. The van der Waals surface area contributed by atoms with Crippen LogP contribution in [0.3, 0.4) is 0 Å². The molecule has 7 nitrogen and oxygen atoms in total. The smallest absolute Gasteiger partial charge is 0.261 e. The molecular formula is C23H24F2N4O3. The molecule has 4 rings (SSSR count). The van der Waals surface area contributed by atoms with E-state index in [1.54, 1.807) is 19.2 Å². The Hall–Kier alpha value is -3.33. The van der Waals surface area contributed by atoms with E-state index in [-0.39, 0.29) is 34.1 Å². The minimum atomic E-state index is -0.744. The number of halogens is 2. The summed E-state index contributed by atoms with van der Waals surface area (Å²) in [6, 6.07) is 6.66. The number of hydrogen-bond donors (Lipinski definition) is 2. The molecule has 32 heavy (non-hydrogen) atoms. The van der Waals surface area contributed by atoms with E-state index in [9.17, 15) is 23.9 Å². The van der Waals surface area contributed by atoms with Crippen molar-refractivity contribution in [1.29, 1.82) is 0 Å². The van der Waals surface area contributed by atoms with E-state index in [4.69, 9.17) is 0 Å². The molecule has 0 unspecified atom stereocenters. The average Bonchev–Trinajstić information content (AvgIpc) is 2.78. The van der Waals surface area contributed by atoms with Gasteiger partial charge in [0, 0.05) is 29.9 Å². The largest absolute Gasteiger partial charge is 0.504 e. The third kappa shape index (κ3) is 4.08. The van der Waals surface area contributed by atoms with Crippen LogP contribution in [0.2, 0.25) is 0 Å². The molecule has 9 heteroatoms. The van der Waals surface area contributed by atoms with Gasteiger partial charge in [-0.15, -0.1) is 0 Å². The van der Waals surface area contributed by atoms with Gasteiger partial charge in [-0.1, -0.05) is 11.2 Å². The molecule has 3 heterocycles. The Morgan fingerprint density at radius 2 is 1.88 bits per heavy atom. The summed E-state index contributed by atoms with van der Waals surface area (Å²) in [7, 11) is 0. The first-order valence-corrected chi connectivity index (χ1v) is 10.5. The van der Waals surface area contributed by atoms with Crippen LogP contribution in [0.25, 0.3) is 5.65 Å². The van der Waals surface area contributed by atoms with Gasteiger partial charge in [-0.25, -0.2) is 13.8 Å². The first-order chi connectivity index (χ1) is 15.4. The van der Waals surface area contributed by atoms with Crippen molar-refractivity contribution in [3.05, 3.63) is 75.3 Å². The average molecular weight is 442 g/mol. The molecule has 2 aromatic heterocycles. The van der Waals surface area contributed by atoms with E-state index >= 15 is 0 Å². The zero-order chi connectivity index (χ0) is 22.8. The second-order valence-corrected chi connectivity index (χ2v) is 8.02. The summed E-state index contributed by atoms with van der Waals surface area (Å²) in [5.74, 6) is -1.80. The number of aromatic nitrogens is 2. The molecule has 0 amide bonds. The fourth-order valence-corrected chi connectivity index (χ4v) is 4.36. The highest BCUT2D eigenvalue weighted by atomic mass is 19.1. The highest BCUT2D eigenvalue weighted by Crippen LogP contribution is 2.26. The molecule has 1 aromatic carbocycles. The van der Waals surface area contributed by atoms with Crippen molar-refractivity contribution in [2.45, 2.75) is 26.2 Å². The van der Waals surface area contributed by atoms with Crippen molar-refractivity contribution >= 4 is 11.4 Å². The number of nitrogens with zero attached hydrogens (tertiary/aromatic N) is 4. The van der Waals surface area contributed by atoms with Crippen molar-refractivity contribution in [1.82, 2.24) is 14.3 Å². The molecule has 0 spiro atoms. The van der Waals surface area contributed by atoms with Gasteiger partial charge in [-0.3, -0.25) is 9.20 Å². The Balaban J connectivity index is 1.44. The van der Waals surface area contributed by atoms with Crippen LogP contribution in [0, 0.1) is 24.5 Å². The monoisotopic (exact) mass is 442 g/mol. The number of likely N-dealkylation sites (tertiary alicyclic amines) is 1. The van der Waals surface area contributed by atoms with Gasteiger partial charge in [-0.05, 0) is 63.5 Å². The van der Waals surface area contributed by atoms with Gasteiger partial charge >= 0.3 is 0 Å². The van der Waals surface area contributed by atoms with Crippen molar-refractivity contribution in [2.24, 2.45) is 11.1 Å². The number of rotatable bonds is 5. The van der Waals surface area contributed by atoms with Gasteiger partial charge in [0.05, 0.1) is 11.3 Å². The number of fused-ring (bicyclic) bond motifs is 1. The Morgan fingerprint density at radius 3 is 2.53 bits per heavy atom. The lowest BCUT2D eigenvalue weighted by molar-refractivity contribution is 0.208. The molecule has 0 radical (unpaired) electrons. The molecule has 1 aliphatic rings. The number of piperidine rings is 1. The Bertz CT molecular complexity index is 1210. The molecule has 1 fully saturated rings. The summed E-state index contributed by atoms with van der Waals surface area (Å²) >= 11 is 0. The van der Waals surface area contributed by atoms with Gasteiger partial charge in [0.25, 0.3) is 5.56 Å². The van der Waals surface area contributed by atoms with Crippen molar-refractivity contribution < 1.29 is 19.1 Å². The molecule has 168 valence electrons. The maximum Gasteiger partial charge on any atom is 0.261 e. The lowest BCUT2D eigenvalue weighted by Gasteiger charge is -2.32. The van der Waals surface area contributed by atoms with E-state index < -0.39 is 11.6 Å². The minimum absolute atomic E-state index is 0.0351. The molecule has 0 bridgehead atoms. The van der Waals surface area contributed by atoms with Crippen molar-refractivity contribution in [3.8, 4) is 5.75 Å². The van der Waals surface area contributed by atoms with E-state index in [0.29, 0.717) is 50.2 Å². The lowest BCUT2D eigenvalue weighted by Crippen LogP contribution is -2.38. The molecular weight excluding hydrogens is 418 g/mol. The normalized spacial score (nSPS) is 16.0. The fourth-order valence-electron chi connectivity index (χ4n) is 4.36. The maximum absolute atomic E-state index is 14.1. The second kappa shape index (κ2) is 9.04. The van der Waals surface area contributed by atoms with Crippen LogP contribution in [0.1, 0.15) is 29.7 Å². The SMILES string of the molecule is Cc1nc2c(O)cccn2c(=O)c1CCN1CCC(/C(=N\O)c2c(F)cccc2F)CC1. The summed E-state index contributed by atoms with van der Waals surface area (Å²) in [4.78, 5) is 19.4. The van der Waals surface area contributed by atoms with Crippen molar-refractivity contribution in [3.63, 3.8) is 0 Å². The van der Waals surface area contributed by atoms with E-state index in [2.05, 4.69) is 15.0 Å². The van der Waals surface area contributed by atoms with Crippen molar-refractivity contribution in [2.75, 3.05) is 19.6 Å². The van der Waals surface area contributed by atoms with Gasteiger partial charge in [0.1, 0.15) is 11.6 Å². The van der Waals surface area contributed by atoms with Crippen LogP contribution >= 0.6 is 0 Å². The quantitative estimate of drug-likeness (QED) is 0.360. The summed E-state index contributed by atoms with van der Waals surface area (Å²) in [5.41, 5.74) is 0.951. The van der Waals surface area contributed by atoms with Gasteiger partial charge < -0.3 is 15.2 Å². The predicted molar refractivity (Wildman–Crippen MR) is 115 cm³/mol.